The summed E-state index contributed by atoms with van der Waals surface area (Å²) in [5, 5.41) is 14.2. The third-order valence-corrected chi connectivity index (χ3v) is 0.485. The second-order valence-electron chi connectivity index (χ2n) is 1.61. The van der Waals surface area contributed by atoms with Gasteiger partial charge in [0, 0.05) is 0 Å². The molecule has 0 bridgehead atoms. The van der Waals surface area contributed by atoms with Crippen molar-refractivity contribution in [1.29, 1.82) is 0 Å². The summed E-state index contributed by atoms with van der Waals surface area (Å²) in [6.45, 7) is 0. The van der Waals surface area contributed by atoms with Crippen LogP contribution in [0.25, 0.3) is 0 Å². The van der Waals surface area contributed by atoms with Crippen molar-refractivity contribution in [3.05, 3.63) is 0 Å². The number of hydrogen-bond acceptors (Lipinski definition) is 2. The van der Waals surface area contributed by atoms with Crippen LogP contribution in [0, 0.1) is 0 Å². The summed E-state index contributed by atoms with van der Waals surface area (Å²) in [5.41, 5.74) is 0. The summed E-state index contributed by atoms with van der Waals surface area (Å²) in [7, 11) is 0. The van der Waals surface area contributed by atoms with E-state index in [0.29, 0.717) is 0 Å². The van der Waals surface area contributed by atoms with E-state index in [-0.39, 0.29) is 7.43 Å². The van der Waals surface area contributed by atoms with Gasteiger partial charge in [0.15, 0.2) is 0 Å². The molecule has 0 aliphatic carbocycles. The highest BCUT2D eigenvalue weighted by Gasteiger charge is 2.38. The molecule has 0 atom stereocenters. The number of carboxylic acid groups (broad SMARTS) is 2. The number of alkyl halides is 6. The molecular formula is C5H6F6O4. The minimum atomic E-state index is -5.08. The molecule has 0 rings (SSSR count). The first-order valence-corrected chi connectivity index (χ1v) is 2.49. The fourth-order valence-electron chi connectivity index (χ4n) is 0. The summed E-state index contributed by atoms with van der Waals surface area (Å²) >= 11 is 0. The zero-order chi connectivity index (χ0) is 12.2. The Balaban J connectivity index is -0.000000180. The maximum atomic E-state index is 10.6. The van der Waals surface area contributed by atoms with Gasteiger partial charge in [0.1, 0.15) is 0 Å². The lowest BCUT2D eigenvalue weighted by Crippen LogP contribution is -2.21. The maximum absolute atomic E-state index is 10.6. The van der Waals surface area contributed by atoms with E-state index in [4.69, 9.17) is 19.8 Å². The van der Waals surface area contributed by atoms with Gasteiger partial charge >= 0.3 is 24.3 Å². The molecule has 92 valence electrons. The molecule has 0 aromatic heterocycles. The van der Waals surface area contributed by atoms with Crippen LogP contribution in [0.1, 0.15) is 7.43 Å². The molecule has 15 heavy (non-hydrogen) atoms. The van der Waals surface area contributed by atoms with Gasteiger partial charge in [-0.3, -0.25) is 0 Å². The monoisotopic (exact) mass is 244 g/mol. The molecule has 0 radical (unpaired) electrons. The average Bonchev–Trinajstić information content (AvgIpc) is 1.83. The Morgan fingerprint density at radius 3 is 0.800 bits per heavy atom. The highest BCUT2D eigenvalue weighted by Crippen LogP contribution is 2.13. The number of hydrogen-bond donors (Lipinski definition) is 2. The predicted molar refractivity (Wildman–Crippen MR) is 34.1 cm³/mol. The molecular weight excluding hydrogens is 238 g/mol. The molecule has 0 aliphatic heterocycles. The van der Waals surface area contributed by atoms with Crippen LogP contribution in [0.3, 0.4) is 0 Å². The van der Waals surface area contributed by atoms with E-state index >= 15 is 0 Å². The maximum Gasteiger partial charge on any atom is 0.490 e. The highest BCUT2D eigenvalue weighted by atomic mass is 19.4. The fourth-order valence-corrected chi connectivity index (χ4v) is 0. The molecule has 0 aromatic rings. The van der Waals surface area contributed by atoms with Crippen molar-refractivity contribution in [2.75, 3.05) is 0 Å². The van der Waals surface area contributed by atoms with E-state index in [1.807, 2.05) is 0 Å². The van der Waals surface area contributed by atoms with E-state index in [0.717, 1.165) is 0 Å². The van der Waals surface area contributed by atoms with Crippen molar-refractivity contribution in [2.24, 2.45) is 0 Å². The largest absolute Gasteiger partial charge is 0.490 e. The summed E-state index contributed by atoms with van der Waals surface area (Å²) in [4.78, 5) is 17.8. The minimum Gasteiger partial charge on any atom is -0.475 e. The third-order valence-electron chi connectivity index (χ3n) is 0.485. The van der Waals surface area contributed by atoms with E-state index in [1.54, 1.807) is 0 Å². The van der Waals surface area contributed by atoms with Gasteiger partial charge in [0.05, 0.1) is 0 Å². The Bertz CT molecular complexity index is 193. The number of halogens is 6. The van der Waals surface area contributed by atoms with Crippen LogP contribution in [0.4, 0.5) is 26.3 Å². The molecule has 0 heterocycles. The van der Waals surface area contributed by atoms with E-state index in [2.05, 4.69) is 0 Å². The Hall–Kier alpha value is -1.48. The van der Waals surface area contributed by atoms with Crippen molar-refractivity contribution >= 4 is 11.9 Å². The summed E-state index contributed by atoms with van der Waals surface area (Å²) in [5.74, 6) is -5.51. The second kappa shape index (κ2) is 6.09. The van der Waals surface area contributed by atoms with Crippen molar-refractivity contribution in [3.8, 4) is 0 Å². The van der Waals surface area contributed by atoms with Crippen LogP contribution in [-0.2, 0) is 9.59 Å². The van der Waals surface area contributed by atoms with Crippen molar-refractivity contribution in [2.45, 2.75) is 19.8 Å². The van der Waals surface area contributed by atoms with Crippen LogP contribution >= 0.6 is 0 Å². The quantitative estimate of drug-likeness (QED) is 0.638. The van der Waals surface area contributed by atoms with Crippen LogP contribution in [0.2, 0.25) is 0 Å². The predicted octanol–water partition coefficient (Wildman–Crippen LogP) is 1.90. The first-order valence-electron chi connectivity index (χ1n) is 2.49. The van der Waals surface area contributed by atoms with Gasteiger partial charge in [-0.25, -0.2) is 9.59 Å². The van der Waals surface area contributed by atoms with Gasteiger partial charge in [0.25, 0.3) is 0 Å². The number of aliphatic carboxylic acids is 2. The molecule has 0 unspecified atom stereocenters. The third kappa shape index (κ3) is 12.5. The molecule has 0 spiro atoms. The van der Waals surface area contributed by atoms with E-state index < -0.39 is 24.3 Å². The molecule has 0 aromatic carbocycles. The molecule has 0 saturated carbocycles. The lowest BCUT2D eigenvalue weighted by Gasteiger charge is -1.93. The van der Waals surface area contributed by atoms with Crippen LogP contribution in [0.15, 0.2) is 0 Å². The van der Waals surface area contributed by atoms with Gasteiger partial charge in [-0.1, -0.05) is 7.43 Å². The summed E-state index contributed by atoms with van der Waals surface area (Å²) in [6.07, 6.45) is -10.2. The zero-order valence-electron chi connectivity index (χ0n) is 5.98. The van der Waals surface area contributed by atoms with Gasteiger partial charge < -0.3 is 10.2 Å². The Morgan fingerprint density at radius 1 is 0.733 bits per heavy atom. The van der Waals surface area contributed by atoms with E-state index in [1.165, 1.54) is 0 Å². The molecule has 2 N–H and O–H groups in total. The number of carboxylic acids is 2. The Kier molecular flexibility index (Phi) is 7.77. The molecule has 0 amide bonds. The minimum absolute atomic E-state index is 0. The van der Waals surface area contributed by atoms with E-state index in [9.17, 15) is 26.3 Å². The smallest absolute Gasteiger partial charge is 0.475 e. The van der Waals surface area contributed by atoms with Gasteiger partial charge in [-0.2, -0.15) is 26.3 Å². The lowest BCUT2D eigenvalue weighted by atomic mass is 10.7. The van der Waals surface area contributed by atoms with Crippen LogP contribution < -0.4 is 0 Å². The number of rotatable bonds is 0. The molecule has 0 aliphatic rings. The summed E-state index contributed by atoms with van der Waals surface area (Å²) in [6, 6.07) is 0. The SMILES string of the molecule is C.O=C(O)C(F)(F)F.O=C(O)C(F)(F)F. The standard InChI is InChI=1S/2C2HF3O2.CH4/c2*3-2(4,5)1(6)7;/h2*(H,6,7);1H4. The van der Waals surface area contributed by atoms with Gasteiger partial charge in [-0.15, -0.1) is 0 Å². The van der Waals surface area contributed by atoms with Crippen LogP contribution in [0.5, 0.6) is 0 Å². The summed E-state index contributed by atoms with van der Waals surface area (Å²) < 4.78 is 63.5. The first-order chi connectivity index (χ1) is 5.89. The van der Waals surface area contributed by atoms with Crippen molar-refractivity contribution < 1.29 is 46.1 Å². The van der Waals surface area contributed by atoms with Crippen LogP contribution in [-0.4, -0.2) is 34.5 Å². The normalized spacial score (nSPS) is 10.5. The topological polar surface area (TPSA) is 74.6 Å². The second-order valence-corrected chi connectivity index (χ2v) is 1.61. The average molecular weight is 244 g/mol. The van der Waals surface area contributed by atoms with Gasteiger partial charge in [0.2, 0.25) is 0 Å². The Labute approximate surface area is 79.1 Å². The molecule has 0 fully saturated rings. The Morgan fingerprint density at radius 2 is 0.800 bits per heavy atom. The number of carbonyl (C=O) groups is 2. The molecule has 4 nitrogen and oxygen atoms in total. The van der Waals surface area contributed by atoms with Crippen molar-refractivity contribution in [1.82, 2.24) is 0 Å². The lowest BCUT2D eigenvalue weighted by molar-refractivity contribution is -0.193. The highest BCUT2D eigenvalue weighted by molar-refractivity contribution is 5.73. The first kappa shape index (κ1) is 19.1. The zero-order valence-corrected chi connectivity index (χ0v) is 5.98. The van der Waals surface area contributed by atoms with Gasteiger partial charge in [-0.05, 0) is 0 Å². The molecule has 0 saturated heterocycles. The molecule has 10 heteroatoms. The van der Waals surface area contributed by atoms with Crippen molar-refractivity contribution in [3.63, 3.8) is 0 Å². The fraction of sp³-hybridized carbons (Fsp3) is 0.600.